The Labute approximate surface area is 121 Å². The predicted molar refractivity (Wildman–Crippen MR) is 74.7 cm³/mol. The molecule has 2 N–H and O–H groups in total. The van der Waals surface area contributed by atoms with Gasteiger partial charge in [-0.15, -0.1) is 0 Å². The second kappa shape index (κ2) is 5.66. The van der Waals surface area contributed by atoms with Gasteiger partial charge < -0.3 is 10.4 Å². The van der Waals surface area contributed by atoms with Gasteiger partial charge in [0, 0.05) is 10.7 Å². The molecule has 0 aliphatic rings. The Bertz CT molecular complexity index is 673. The fourth-order valence-corrected chi connectivity index (χ4v) is 1.71. The van der Waals surface area contributed by atoms with Gasteiger partial charge >= 0.3 is 0 Å². The molecular weight excluding hydrogens is 330 g/mol. The lowest BCUT2D eigenvalue weighted by Crippen LogP contribution is -2.14. The summed E-state index contributed by atoms with van der Waals surface area (Å²) in [5.41, 5.74) is -0.284. The van der Waals surface area contributed by atoms with Gasteiger partial charge in [-0.05, 0) is 40.2 Å². The van der Waals surface area contributed by atoms with Crippen LogP contribution in [0.4, 0.5) is 11.4 Å². The van der Waals surface area contributed by atoms with Crippen LogP contribution in [0.25, 0.3) is 0 Å². The molecule has 0 radical (unpaired) electrons. The van der Waals surface area contributed by atoms with E-state index in [1.807, 2.05) is 0 Å². The highest BCUT2D eigenvalue weighted by Crippen LogP contribution is 2.28. The van der Waals surface area contributed by atoms with E-state index in [2.05, 4.69) is 26.2 Å². The van der Waals surface area contributed by atoms with Crippen LogP contribution in [0, 0.1) is 10.1 Å². The zero-order valence-corrected chi connectivity index (χ0v) is 11.5. The minimum atomic E-state index is -0.690. The minimum absolute atomic E-state index is 0.0116. The highest BCUT2D eigenvalue weighted by molar-refractivity contribution is 9.10. The Morgan fingerprint density at radius 3 is 2.70 bits per heavy atom. The number of nitrogens with one attached hydrogen (secondary N) is 1. The normalized spacial score (nSPS) is 10.1. The number of aromatic nitrogens is 1. The van der Waals surface area contributed by atoms with E-state index in [1.54, 1.807) is 6.07 Å². The van der Waals surface area contributed by atoms with Crippen molar-refractivity contribution in [1.29, 1.82) is 0 Å². The average Bonchev–Trinajstić information content (AvgIpc) is 2.41. The summed E-state index contributed by atoms with van der Waals surface area (Å²) in [6.45, 7) is 0. The number of phenolic OH excluding ortho intramolecular Hbond substituents is 1. The molecule has 1 aromatic carbocycles. The van der Waals surface area contributed by atoms with Crippen LogP contribution in [0.5, 0.6) is 5.75 Å². The number of anilines is 1. The molecule has 2 aromatic rings. The zero-order chi connectivity index (χ0) is 14.7. The topological polar surface area (TPSA) is 105 Å². The second-order valence-electron chi connectivity index (χ2n) is 3.77. The van der Waals surface area contributed by atoms with E-state index in [1.165, 1.54) is 24.4 Å². The molecule has 0 spiro atoms. The smallest absolute Gasteiger partial charge is 0.296 e. The molecule has 0 fully saturated rings. The number of carbonyl (C=O) groups is 1. The van der Waals surface area contributed by atoms with E-state index in [-0.39, 0.29) is 17.1 Å². The number of pyridine rings is 1. The highest BCUT2D eigenvalue weighted by Gasteiger charge is 2.17. The first-order chi connectivity index (χ1) is 9.47. The number of aromatic hydroxyl groups is 1. The van der Waals surface area contributed by atoms with Gasteiger partial charge in [0.05, 0.1) is 11.0 Å². The van der Waals surface area contributed by atoms with Crippen LogP contribution in [0.1, 0.15) is 10.5 Å². The van der Waals surface area contributed by atoms with Gasteiger partial charge in [0.25, 0.3) is 11.6 Å². The summed E-state index contributed by atoms with van der Waals surface area (Å²) in [6, 6.07) is 6.57. The molecule has 0 bridgehead atoms. The number of rotatable bonds is 3. The lowest BCUT2D eigenvalue weighted by molar-refractivity contribution is -0.384. The molecule has 0 saturated heterocycles. The number of nitrogens with zero attached hydrogens (tertiary/aromatic N) is 2. The van der Waals surface area contributed by atoms with Crippen LogP contribution >= 0.6 is 15.9 Å². The van der Waals surface area contributed by atoms with Gasteiger partial charge in [-0.25, -0.2) is 4.98 Å². The van der Waals surface area contributed by atoms with Crippen LogP contribution in [0.2, 0.25) is 0 Å². The maximum atomic E-state index is 11.9. The molecule has 102 valence electrons. The Kier molecular flexibility index (Phi) is 3.94. The van der Waals surface area contributed by atoms with Crippen LogP contribution in [-0.2, 0) is 0 Å². The number of benzene rings is 1. The first kappa shape index (κ1) is 13.9. The molecule has 0 aliphatic heterocycles. The van der Waals surface area contributed by atoms with Crippen molar-refractivity contribution in [1.82, 2.24) is 4.98 Å². The third-order valence-electron chi connectivity index (χ3n) is 2.39. The van der Waals surface area contributed by atoms with Crippen LogP contribution < -0.4 is 5.32 Å². The Morgan fingerprint density at radius 2 is 2.10 bits per heavy atom. The van der Waals surface area contributed by atoms with E-state index in [0.29, 0.717) is 4.47 Å². The van der Waals surface area contributed by atoms with Gasteiger partial charge in [-0.3, -0.25) is 14.9 Å². The lowest BCUT2D eigenvalue weighted by atomic mass is 10.2. The first-order valence-corrected chi connectivity index (χ1v) is 6.17. The fraction of sp³-hybridized carbons (Fsp3) is 0. The summed E-state index contributed by atoms with van der Waals surface area (Å²) in [4.78, 5) is 26.0. The van der Waals surface area contributed by atoms with Crippen LogP contribution in [0.3, 0.4) is 0 Å². The number of halogens is 1. The van der Waals surface area contributed by atoms with Gasteiger partial charge in [-0.2, -0.15) is 0 Å². The van der Waals surface area contributed by atoms with Crippen LogP contribution in [-0.4, -0.2) is 20.9 Å². The Hall–Kier alpha value is -2.48. The van der Waals surface area contributed by atoms with Gasteiger partial charge in [0.2, 0.25) is 0 Å². The maximum absolute atomic E-state index is 11.9. The highest BCUT2D eigenvalue weighted by atomic mass is 79.9. The van der Waals surface area contributed by atoms with Crippen molar-refractivity contribution in [3.63, 3.8) is 0 Å². The summed E-state index contributed by atoms with van der Waals surface area (Å²) < 4.78 is 0.713. The fourth-order valence-electron chi connectivity index (χ4n) is 1.47. The summed E-state index contributed by atoms with van der Waals surface area (Å²) in [7, 11) is 0. The van der Waals surface area contributed by atoms with Crippen molar-refractivity contribution in [2.24, 2.45) is 0 Å². The number of nitro benzene ring substituents is 1. The average molecular weight is 338 g/mol. The summed E-state index contributed by atoms with van der Waals surface area (Å²) in [5, 5.41) is 22.5. The van der Waals surface area contributed by atoms with Crippen molar-refractivity contribution < 1.29 is 14.8 Å². The molecule has 1 aromatic heterocycles. The van der Waals surface area contributed by atoms with E-state index >= 15 is 0 Å². The van der Waals surface area contributed by atoms with E-state index in [9.17, 15) is 20.0 Å². The molecule has 20 heavy (non-hydrogen) atoms. The van der Waals surface area contributed by atoms with E-state index in [0.717, 1.165) is 6.07 Å². The van der Waals surface area contributed by atoms with Crippen molar-refractivity contribution >= 4 is 33.2 Å². The van der Waals surface area contributed by atoms with E-state index < -0.39 is 16.5 Å². The number of nitro groups is 1. The molecule has 8 heteroatoms. The monoisotopic (exact) mass is 337 g/mol. The van der Waals surface area contributed by atoms with E-state index in [4.69, 9.17) is 0 Å². The summed E-state index contributed by atoms with van der Waals surface area (Å²) in [5.74, 6) is -0.831. The molecule has 0 unspecified atom stereocenters. The van der Waals surface area contributed by atoms with Gasteiger partial charge in [0.1, 0.15) is 17.1 Å². The van der Waals surface area contributed by atoms with Crippen molar-refractivity contribution in [3.8, 4) is 5.75 Å². The molecule has 0 atom stereocenters. The number of carbonyl (C=O) groups excluding carboxylic acids is 1. The summed E-state index contributed by atoms with van der Waals surface area (Å²) in [6.07, 6.45) is 1.44. The molecule has 1 heterocycles. The second-order valence-corrected chi connectivity index (χ2v) is 4.69. The number of phenols is 1. The zero-order valence-electron chi connectivity index (χ0n) is 9.91. The molecule has 7 nitrogen and oxygen atoms in total. The standard InChI is InChI=1S/C12H8BrN3O4/c13-7-1-3-10(14-6-7)12(18)15-9-4-2-8(17)5-11(9)16(19)20/h1-6,17H,(H,15,18). The maximum Gasteiger partial charge on any atom is 0.296 e. The number of hydrogen-bond acceptors (Lipinski definition) is 5. The lowest BCUT2D eigenvalue weighted by Gasteiger charge is -2.06. The third-order valence-corrected chi connectivity index (χ3v) is 2.86. The van der Waals surface area contributed by atoms with Crippen molar-refractivity contribution in [3.05, 3.63) is 56.8 Å². The van der Waals surface area contributed by atoms with Gasteiger partial charge in [-0.1, -0.05) is 0 Å². The van der Waals surface area contributed by atoms with Crippen LogP contribution in [0.15, 0.2) is 41.0 Å². The Balaban J connectivity index is 2.28. The predicted octanol–water partition coefficient (Wildman–Crippen LogP) is 2.71. The molecule has 2 rings (SSSR count). The SMILES string of the molecule is O=C(Nc1ccc(O)cc1[N+](=O)[O-])c1ccc(Br)cn1. The quantitative estimate of drug-likeness (QED) is 0.508. The third kappa shape index (κ3) is 3.09. The number of hydrogen-bond donors (Lipinski definition) is 2. The van der Waals surface area contributed by atoms with Gasteiger partial charge in [0.15, 0.2) is 0 Å². The largest absolute Gasteiger partial charge is 0.508 e. The molecule has 1 amide bonds. The van der Waals surface area contributed by atoms with Crippen molar-refractivity contribution in [2.75, 3.05) is 5.32 Å². The molecular formula is C12H8BrN3O4. The molecule has 0 aliphatic carbocycles. The summed E-state index contributed by atoms with van der Waals surface area (Å²) >= 11 is 3.19. The Morgan fingerprint density at radius 1 is 1.35 bits per heavy atom. The minimum Gasteiger partial charge on any atom is -0.508 e. The first-order valence-electron chi connectivity index (χ1n) is 5.37. The number of amides is 1. The van der Waals surface area contributed by atoms with Crippen molar-refractivity contribution in [2.45, 2.75) is 0 Å². The molecule has 0 saturated carbocycles.